The molecule has 1 unspecified atom stereocenters. The van der Waals surface area contributed by atoms with E-state index >= 15 is 0 Å². The van der Waals surface area contributed by atoms with E-state index in [0.717, 1.165) is 26.1 Å². The zero-order valence-corrected chi connectivity index (χ0v) is 12.6. The van der Waals surface area contributed by atoms with Crippen molar-refractivity contribution in [3.63, 3.8) is 0 Å². The molecule has 6 heteroatoms. The second-order valence-electron chi connectivity index (χ2n) is 5.67. The van der Waals surface area contributed by atoms with Crippen LogP contribution in [0.25, 0.3) is 0 Å². The van der Waals surface area contributed by atoms with Gasteiger partial charge in [0.2, 0.25) is 10.0 Å². The zero-order valence-electron chi connectivity index (χ0n) is 11.7. The Bertz CT molecular complexity index is 555. The van der Waals surface area contributed by atoms with Gasteiger partial charge in [0.15, 0.2) is 0 Å². The second-order valence-corrected chi connectivity index (χ2v) is 7.65. The molecule has 3 rings (SSSR count). The highest BCUT2D eigenvalue weighted by Crippen LogP contribution is 2.25. The van der Waals surface area contributed by atoms with Gasteiger partial charge in [0.1, 0.15) is 0 Å². The lowest BCUT2D eigenvalue weighted by Crippen LogP contribution is -2.50. The molecule has 0 bridgehead atoms. The van der Waals surface area contributed by atoms with E-state index in [2.05, 4.69) is 34.5 Å². The average Bonchev–Trinajstić information content (AvgIpc) is 2.80. The quantitative estimate of drug-likeness (QED) is 0.887. The van der Waals surface area contributed by atoms with Crippen LogP contribution in [0, 0.1) is 0 Å². The standard InChI is InChI=1S/C14H21N3O2S/c1-20(18,19)17-8-6-16(7-9-17)11-13-10-12-4-2-3-5-14(12)15-13/h2-5,13,15H,6-11H2,1H3. The minimum Gasteiger partial charge on any atom is -0.380 e. The first kappa shape index (κ1) is 13.9. The number of piperazine rings is 1. The monoisotopic (exact) mass is 295 g/mol. The van der Waals surface area contributed by atoms with Crippen molar-refractivity contribution in [2.75, 3.05) is 44.3 Å². The van der Waals surface area contributed by atoms with E-state index in [0.29, 0.717) is 19.1 Å². The number of fused-ring (bicyclic) bond motifs is 1. The van der Waals surface area contributed by atoms with Gasteiger partial charge in [0, 0.05) is 44.5 Å². The summed E-state index contributed by atoms with van der Waals surface area (Å²) in [5.74, 6) is 0. The van der Waals surface area contributed by atoms with Crippen molar-refractivity contribution >= 4 is 15.7 Å². The maximum absolute atomic E-state index is 11.5. The van der Waals surface area contributed by atoms with Crippen LogP contribution in [0.5, 0.6) is 0 Å². The van der Waals surface area contributed by atoms with Crippen LogP contribution in [0.1, 0.15) is 5.56 Å². The molecule has 0 spiro atoms. The summed E-state index contributed by atoms with van der Waals surface area (Å²) in [7, 11) is -3.03. The lowest BCUT2D eigenvalue weighted by molar-refractivity contribution is 0.183. The largest absolute Gasteiger partial charge is 0.380 e. The van der Waals surface area contributed by atoms with Crippen LogP contribution in [-0.4, -0.2) is 62.6 Å². The number of sulfonamides is 1. The van der Waals surface area contributed by atoms with Crippen LogP contribution in [0.4, 0.5) is 5.69 Å². The zero-order chi connectivity index (χ0) is 14.2. The molecule has 110 valence electrons. The van der Waals surface area contributed by atoms with E-state index in [1.807, 2.05) is 0 Å². The minimum atomic E-state index is -3.03. The molecule has 0 aliphatic carbocycles. The van der Waals surface area contributed by atoms with Gasteiger partial charge in [-0.3, -0.25) is 4.90 Å². The van der Waals surface area contributed by atoms with Crippen molar-refractivity contribution in [2.24, 2.45) is 0 Å². The molecule has 1 aromatic carbocycles. The van der Waals surface area contributed by atoms with Crippen molar-refractivity contribution in [3.8, 4) is 0 Å². The van der Waals surface area contributed by atoms with E-state index in [4.69, 9.17) is 0 Å². The van der Waals surface area contributed by atoms with Gasteiger partial charge < -0.3 is 5.32 Å². The van der Waals surface area contributed by atoms with E-state index in [-0.39, 0.29) is 0 Å². The summed E-state index contributed by atoms with van der Waals surface area (Å²) in [6.45, 7) is 3.84. The molecule has 0 saturated carbocycles. The van der Waals surface area contributed by atoms with Gasteiger partial charge in [-0.25, -0.2) is 8.42 Å². The Kier molecular flexibility index (Phi) is 3.70. The number of hydrogen-bond donors (Lipinski definition) is 1. The van der Waals surface area contributed by atoms with E-state index < -0.39 is 10.0 Å². The summed E-state index contributed by atoms with van der Waals surface area (Å²) < 4.78 is 24.5. The van der Waals surface area contributed by atoms with E-state index in [1.54, 1.807) is 4.31 Å². The Morgan fingerprint density at radius 2 is 1.90 bits per heavy atom. The molecule has 1 saturated heterocycles. The van der Waals surface area contributed by atoms with Crippen LogP contribution >= 0.6 is 0 Å². The number of benzene rings is 1. The maximum Gasteiger partial charge on any atom is 0.211 e. The molecule has 5 nitrogen and oxygen atoms in total. The van der Waals surface area contributed by atoms with Crippen LogP contribution in [0.2, 0.25) is 0 Å². The molecular weight excluding hydrogens is 274 g/mol. The number of rotatable bonds is 3. The molecule has 2 aliphatic rings. The molecule has 0 amide bonds. The molecule has 1 atom stereocenters. The first-order chi connectivity index (χ1) is 9.52. The van der Waals surface area contributed by atoms with Gasteiger partial charge >= 0.3 is 0 Å². The van der Waals surface area contributed by atoms with Gasteiger partial charge in [0.05, 0.1) is 6.26 Å². The van der Waals surface area contributed by atoms with Crippen molar-refractivity contribution in [2.45, 2.75) is 12.5 Å². The van der Waals surface area contributed by atoms with Crippen LogP contribution in [0.3, 0.4) is 0 Å². The number of para-hydroxylation sites is 1. The van der Waals surface area contributed by atoms with Gasteiger partial charge in [0.25, 0.3) is 0 Å². The summed E-state index contributed by atoms with van der Waals surface area (Å²) in [6, 6.07) is 8.87. The highest BCUT2D eigenvalue weighted by molar-refractivity contribution is 7.88. The molecule has 2 heterocycles. The highest BCUT2D eigenvalue weighted by atomic mass is 32.2. The van der Waals surface area contributed by atoms with Crippen LogP contribution < -0.4 is 5.32 Å². The summed E-state index contributed by atoms with van der Waals surface area (Å²) in [5, 5.41) is 3.55. The fraction of sp³-hybridized carbons (Fsp3) is 0.571. The Balaban J connectivity index is 1.52. The van der Waals surface area contributed by atoms with E-state index in [9.17, 15) is 8.42 Å². The maximum atomic E-state index is 11.5. The molecule has 1 N–H and O–H groups in total. The van der Waals surface area contributed by atoms with E-state index in [1.165, 1.54) is 17.5 Å². The first-order valence-corrected chi connectivity index (χ1v) is 8.89. The smallest absolute Gasteiger partial charge is 0.211 e. The van der Waals surface area contributed by atoms with Crippen molar-refractivity contribution in [1.82, 2.24) is 9.21 Å². The Hall–Kier alpha value is -1.11. The Morgan fingerprint density at radius 3 is 2.55 bits per heavy atom. The average molecular weight is 295 g/mol. The molecular formula is C14H21N3O2S. The lowest BCUT2D eigenvalue weighted by atomic mass is 10.1. The molecule has 0 radical (unpaired) electrons. The lowest BCUT2D eigenvalue weighted by Gasteiger charge is -2.34. The molecule has 1 aromatic rings. The van der Waals surface area contributed by atoms with Crippen LogP contribution in [0.15, 0.2) is 24.3 Å². The van der Waals surface area contributed by atoms with Gasteiger partial charge in [-0.05, 0) is 18.1 Å². The summed E-state index contributed by atoms with van der Waals surface area (Å²) >= 11 is 0. The van der Waals surface area contributed by atoms with Gasteiger partial charge in [-0.1, -0.05) is 18.2 Å². The third-order valence-electron chi connectivity index (χ3n) is 4.12. The molecule has 1 fully saturated rings. The highest BCUT2D eigenvalue weighted by Gasteiger charge is 2.27. The van der Waals surface area contributed by atoms with Crippen molar-refractivity contribution in [3.05, 3.63) is 29.8 Å². The number of nitrogens with one attached hydrogen (secondary N) is 1. The first-order valence-electron chi connectivity index (χ1n) is 7.04. The fourth-order valence-corrected chi connectivity index (χ4v) is 3.87. The summed E-state index contributed by atoms with van der Waals surface area (Å²) in [4.78, 5) is 2.35. The predicted octanol–water partition coefficient (Wildman–Crippen LogP) is 0.600. The van der Waals surface area contributed by atoms with Crippen LogP contribution in [-0.2, 0) is 16.4 Å². The SMILES string of the molecule is CS(=O)(=O)N1CCN(CC2Cc3ccccc3N2)CC1. The second kappa shape index (κ2) is 5.35. The Labute approximate surface area is 120 Å². The Morgan fingerprint density at radius 1 is 1.20 bits per heavy atom. The molecule has 0 aromatic heterocycles. The third-order valence-corrected chi connectivity index (χ3v) is 5.43. The van der Waals surface area contributed by atoms with Gasteiger partial charge in [-0.15, -0.1) is 0 Å². The third kappa shape index (κ3) is 2.97. The fourth-order valence-electron chi connectivity index (χ4n) is 3.04. The number of hydrogen-bond acceptors (Lipinski definition) is 4. The minimum absolute atomic E-state index is 0.442. The summed E-state index contributed by atoms with van der Waals surface area (Å²) in [6.07, 6.45) is 2.35. The van der Waals surface area contributed by atoms with Crippen molar-refractivity contribution in [1.29, 1.82) is 0 Å². The normalized spacial score (nSPS) is 24.4. The predicted molar refractivity (Wildman–Crippen MR) is 80.4 cm³/mol. The number of nitrogens with zero attached hydrogens (tertiary/aromatic N) is 2. The topological polar surface area (TPSA) is 52.7 Å². The molecule has 20 heavy (non-hydrogen) atoms. The molecule has 2 aliphatic heterocycles. The number of anilines is 1. The van der Waals surface area contributed by atoms with Crippen molar-refractivity contribution < 1.29 is 8.42 Å². The van der Waals surface area contributed by atoms with Gasteiger partial charge in [-0.2, -0.15) is 4.31 Å². The summed E-state index contributed by atoms with van der Waals surface area (Å²) in [5.41, 5.74) is 2.62.